The fourth-order valence-corrected chi connectivity index (χ4v) is 5.80. The number of pyridine rings is 1. The molecule has 2 aliphatic carbocycles. The highest BCUT2D eigenvalue weighted by Gasteiger charge is 2.31. The number of carbonyl (C=O) groups is 2. The normalized spacial score (nSPS) is 21.1. The molecule has 6 heteroatoms. The number of halogens is 1. The summed E-state index contributed by atoms with van der Waals surface area (Å²) in [5.41, 5.74) is 9.69. The van der Waals surface area contributed by atoms with Gasteiger partial charge < -0.3 is 11.1 Å². The molecule has 0 unspecified atom stereocenters. The van der Waals surface area contributed by atoms with Crippen LogP contribution in [-0.2, 0) is 4.79 Å². The zero-order valence-corrected chi connectivity index (χ0v) is 20.8. The molecule has 1 aromatic heterocycles. The number of carbonyl (C=O) groups excluding carboxylic acids is 2. The minimum Gasteiger partial charge on any atom is -0.397 e. The Morgan fingerprint density at radius 1 is 1.06 bits per heavy atom. The summed E-state index contributed by atoms with van der Waals surface area (Å²) < 4.78 is 13.9. The first-order valence-electron chi connectivity index (χ1n) is 13.2. The van der Waals surface area contributed by atoms with Crippen LogP contribution in [0.3, 0.4) is 0 Å². The Labute approximate surface area is 211 Å². The van der Waals surface area contributed by atoms with Gasteiger partial charge in [0.15, 0.2) is 5.78 Å². The lowest BCUT2D eigenvalue weighted by Gasteiger charge is -2.32. The highest BCUT2D eigenvalue weighted by Crippen LogP contribution is 2.41. The van der Waals surface area contributed by atoms with Crippen molar-refractivity contribution < 1.29 is 14.0 Å². The number of anilines is 2. The van der Waals surface area contributed by atoms with E-state index in [-0.39, 0.29) is 29.3 Å². The van der Waals surface area contributed by atoms with Gasteiger partial charge in [-0.15, -0.1) is 0 Å². The first kappa shape index (κ1) is 24.4. The number of nitrogens with one attached hydrogen (secondary N) is 1. The molecule has 3 N–H and O–H groups in total. The van der Waals surface area contributed by atoms with Crippen molar-refractivity contribution in [3.8, 4) is 0 Å². The average Bonchev–Trinajstić information content (AvgIpc) is 2.86. The van der Waals surface area contributed by atoms with Crippen LogP contribution >= 0.6 is 0 Å². The van der Waals surface area contributed by atoms with Crippen molar-refractivity contribution in [2.24, 2.45) is 17.8 Å². The van der Waals surface area contributed by atoms with Crippen LogP contribution in [0.2, 0.25) is 0 Å². The molecule has 2 aliphatic rings. The molecule has 2 saturated carbocycles. The lowest BCUT2D eigenvalue weighted by atomic mass is 9.73. The Morgan fingerprint density at radius 2 is 1.83 bits per heavy atom. The van der Waals surface area contributed by atoms with Crippen LogP contribution in [0.5, 0.6) is 0 Å². The van der Waals surface area contributed by atoms with E-state index in [9.17, 15) is 14.0 Å². The van der Waals surface area contributed by atoms with Gasteiger partial charge in [0.2, 0.25) is 5.91 Å². The molecule has 188 valence electrons. The van der Waals surface area contributed by atoms with Gasteiger partial charge in [-0.1, -0.05) is 26.2 Å². The highest BCUT2D eigenvalue weighted by molar-refractivity contribution is 6.01. The summed E-state index contributed by atoms with van der Waals surface area (Å²) in [6.07, 6.45) is 9.57. The van der Waals surface area contributed by atoms with Crippen LogP contribution in [-0.4, -0.2) is 16.7 Å². The van der Waals surface area contributed by atoms with Crippen LogP contribution in [0.1, 0.15) is 80.1 Å². The Morgan fingerprint density at radius 3 is 2.56 bits per heavy atom. The zero-order valence-electron chi connectivity index (χ0n) is 20.8. The van der Waals surface area contributed by atoms with E-state index in [0.717, 1.165) is 55.0 Å². The zero-order chi connectivity index (χ0) is 25.2. The molecule has 2 aromatic carbocycles. The van der Waals surface area contributed by atoms with Crippen molar-refractivity contribution in [2.75, 3.05) is 11.1 Å². The lowest BCUT2D eigenvalue weighted by Crippen LogP contribution is -2.30. The van der Waals surface area contributed by atoms with Gasteiger partial charge in [-0.05, 0) is 91.5 Å². The molecule has 1 heterocycles. The second kappa shape index (κ2) is 10.4. The van der Waals surface area contributed by atoms with Gasteiger partial charge in [0.25, 0.3) is 0 Å². The number of hydrogen-bond donors (Lipinski definition) is 2. The van der Waals surface area contributed by atoms with Crippen molar-refractivity contribution in [3.63, 3.8) is 0 Å². The summed E-state index contributed by atoms with van der Waals surface area (Å²) in [5.74, 6) is 0.714. The molecular weight excluding hydrogens is 453 g/mol. The second-order valence-electron chi connectivity index (χ2n) is 10.7. The number of benzene rings is 2. The maximum Gasteiger partial charge on any atom is 0.227 e. The van der Waals surface area contributed by atoms with E-state index in [4.69, 9.17) is 5.73 Å². The molecule has 0 aliphatic heterocycles. The number of ketones is 1. The van der Waals surface area contributed by atoms with Crippen LogP contribution in [0, 0.1) is 23.6 Å². The molecule has 2 fully saturated rings. The number of aromatic nitrogens is 1. The van der Waals surface area contributed by atoms with E-state index in [0.29, 0.717) is 35.2 Å². The molecule has 1 amide bonds. The van der Waals surface area contributed by atoms with Gasteiger partial charge in [-0.3, -0.25) is 14.6 Å². The minimum atomic E-state index is -0.246. The van der Waals surface area contributed by atoms with Crippen molar-refractivity contribution >= 4 is 34.0 Å². The molecule has 0 bridgehead atoms. The van der Waals surface area contributed by atoms with Crippen LogP contribution in [0.25, 0.3) is 10.9 Å². The molecule has 0 spiro atoms. The largest absolute Gasteiger partial charge is 0.397 e. The quantitative estimate of drug-likeness (QED) is 0.281. The summed E-state index contributed by atoms with van der Waals surface area (Å²) in [4.78, 5) is 30.2. The van der Waals surface area contributed by atoms with E-state index < -0.39 is 0 Å². The monoisotopic (exact) mass is 487 g/mol. The van der Waals surface area contributed by atoms with E-state index >= 15 is 0 Å². The van der Waals surface area contributed by atoms with E-state index in [1.807, 2.05) is 13.0 Å². The van der Waals surface area contributed by atoms with Crippen molar-refractivity contribution in [2.45, 2.75) is 64.2 Å². The maximum atomic E-state index is 13.9. The SMILES string of the molecule is C[C@@H](C(=O)Nc1cc(C(=O)CC2CCC2)ccc1N)C1CCC(c2ccnc3ccc(F)cc23)CC1. The lowest BCUT2D eigenvalue weighted by molar-refractivity contribution is -0.121. The fourth-order valence-electron chi connectivity index (χ4n) is 5.80. The van der Waals surface area contributed by atoms with E-state index in [2.05, 4.69) is 10.3 Å². The number of amides is 1. The predicted molar refractivity (Wildman–Crippen MR) is 141 cm³/mol. The molecule has 3 aromatic rings. The van der Waals surface area contributed by atoms with Gasteiger partial charge >= 0.3 is 0 Å². The summed E-state index contributed by atoms with van der Waals surface area (Å²) in [6.45, 7) is 1.97. The Kier molecular flexibility index (Phi) is 7.04. The standard InChI is InChI=1S/C30H34FN3O2/c1-18(30(36)34-28-16-22(9-11-26(28)32)29(35)15-19-3-2-4-19)20-5-7-21(8-6-20)24-13-14-33-27-12-10-23(31)17-25(24)27/h9-14,16-21H,2-8,15,32H2,1H3,(H,34,36)/t18-,20?,21?/m1/s1. The molecule has 36 heavy (non-hydrogen) atoms. The van der Waals surface area contributed by atoms with Gasteiger partial charge in [0.1, 0.15) is 5.82 Å². The molecule has 1 atom stereocenters. The highest BCUT2D eigenvalue weighted by atomic mass is 19.1. The smallest absolute Gasteiger partial charge is 0.227 e. The number of hydrogen-bond acceptors (Lipinski definition) is 4. The Hall–Kier alpha value is -3.28. The van der Waals surface area contributed by atoms with Crippen LogP contribution in [0.4, 0.5) is 15.8 Å². The van der Waals surface area contributed by atoms with Crippen molar-refractivity contribution in [1.29, 1.82) is 0 Å². The fraction of sp³-hybridized carbons (Fsp3) is 0.433. The van der Waals surface area contributed by atoms with Gasteiger partial charge in [-0.25, -0.2) is 4.39 Å². The second-order valence-corrected chi connectivity index (χ2v) is 10.7. The predicted octanol–water partition coefficient (Wildman–Crippen LogP) is 6.88. The topological polar surface area (TPSA) is 85.1 Å². The van der Waals surface area contributed by atoms with Crippen molar-refractivity contribution in [3.05, 3.63) is 65.6 Å². The first-order chi connectivity index (χ1) is 17.4. The molecule has 0 radical (unpaired) electrons. The van der Waals surface area contributed by atoms with Gasteiger partial charge in [0, 0.05) is 29.5 Å². The molecule has 5 rings (SSSR count). The average molecular weight is 488 g/mol. The summed E-state index contributed by atoms with van der Waals surface area (Å²) in [7, 11) is 0. The third kappa shape index (κ3) is 5.13. The number of nitrogen functional groups attached to an aromatic ring is 1. The number of Topliss-reactive ketones (excluding diaryl/α,β-unsaturated/α-hetero) is 1. The van der Waals surface area contributed by atoms with E-state index in [1.54, 1.807) is 36.5 Å². The third-order valence-electron chi connectivity index (χ3n) is 8.40. The molecule has 0 saturated heterocycles. The number of nitrogens with zero attached hydrogens (tertiary/aromatic N) is 1. The minimum absolute atomic E-state index is 0.0647. The van der Waals surface area contributed by atoms with Crippen LogP contribution < -0.4 is 11.1 Å². The number of fused-ring (bicyclic) bond motifs is 1. The number of nitrogens with two attached hydrogens (primary N) is 1. The summed E-state index contributed by atoms with van der Waals surface area (Å²) >= 11 is 0. The summed E-state index contributed by atoms with van der Waals surface area (Å²) in [6, 6.07) is 12.0. The summed E-state index contributed by atoms with van der Waals surface area (Å²) in [5, 5.41) is 3.87. The van der Waals surface area contributed by atoms with Gasteiger partial charge in [0.05, 0.1) is 16.9 Å². The van der Waals surface area contributed by atoms with Crippen molar-refractivity contribution in [1.82, 2.24) is 4.98 Å². The Balaban J connectivity index is 1.21. The van der Waals surface area contributed by atoms with Crippen LogP contribution in [0.15, 0.2) is 48.7 Å². The maximum absolute atomic E-state index is 13.9. The third-order valence-corrected chi connectivity index (χ3v) is 8.40. The Bertz CT molecular complexity index is 1280. The van der Waals surface area contributed by atoms with E-state index in [1.165, 1.54) is 12.5 Å². The number of rotatable bonds is 7. The van der Waals surface area contributed by atoms with Gasteiger partial charge in [-0.2, -0.15) is 0 Å². The first-order valence-corrected chi connectivity index (χ1v) is 13.2. The molecule has 5 nitrogen and oxygen atoms in total. The molecular formula is C30H34FN3O2.